The summed E-state index contributed by atoms with van der Waals surface area (Å²) in [6.45, 7) is 3.50. The molecule has 0 aliphatic rings. The second kappa shape index (κ2) is 6.76. The molecule has 9 heteroatoms. The van der Waals surface area contributed by atoms with Crippen LogP contribution in [0.5, 0.6) is 0 Å². The minimum atomic E-state index is -0.406. The molecular weight excluding hydrogens is 302 g/mol. The van der Waals surface area contributed by atoms with Crippen molar-refractivity contribution in [2.24, 2.45) is 14.1 Å². The highest BCUT2D eigenvalue weighted by molar-refractivity contribution is 5.68. The van der Waals surface area contributed by atoms with E-state index in [1.807, 2.05) is 6.92 Å². The van der Waals surface area contributed by atoms with Crippen molar-refractivity contribution >= 4 is 17.1 Å². The molecule has 0 unspecified atom stereocenters. The van der Waals surface area contributed by atoms with Crippen LogP contribution in [0.3, 0.4) is 0 Å². The Hall–Kier alpha value is -2.45. The van der Waals surface area contributed by atoms with Gasteiger partial charge in [-0.25, -0.2) is 9.48 Å². The maximum Gasteiger partial charge on any atom is 0.332 e. The monoisotopic (exact) mass is 323 g/mol. The molecule has 0 amide bonds. The third kappa shape index (κ3) is 3.49. The van der Waals surface area contributed by atoms with Gasteiger partial charge in [0, 0.05) is 27.6 Å². The predicted octanol–water partition coefficient (Wildman–Crippen LogP) is -0.0494. The van der Waals surface area contributed by atoms with E-state index in [0.717, 1.165) is 6.42 Å². The van der Waals surface area contributed by atoms with E-state index >= 15 is 0 Å². The Bertz CT molecular complexity index is 832. The van der Waals surface area contributed by atoms with Crippen molar-refractivity contribution in [2.45, 2.75) is 45.8 Å². The number of carbonyl (C=O) groups is 1. The minimum Gasteiger partial charge on any atom is -0.463 e. The van der Waals surface area contributed by atoms with Gasteiger partial charge in [0.05, 0.1) is 6.10 Å². The average molecular weight is 323 g/mol. The van der Waals surface area contributed by atoms with E-state index in [1.54, 1.807) is 14.1 Å². The van der Waals surface area contributed by atoms with Crippen LogP contribution in [0.2, 0.25) is 0 Å². The fourth-order valence-electron chi connectivity index (χ4n) is 2.53. The largest absolute Gasteiger partial charge is 0.463 e. The van der Waals surface area contributed by atoms with Gasteiger partial charge in [0.15, 0.2) is 11.2 Å². The number of hydrogen-bond donors (Lipinski definition) is 0. The number of hydrogen-bond acceptors (Lipinski definition) is 6. The van der Waals surface area contributed by atoms with Crippen molar-refractivity contribution in [1.82, 2.24) is 24.1 Å². The molecule has 126 valence electrons. The number of fused-ring (bicyclic) bond motifs is 1. The van der Waals surface area contributed by atoms with Crippen molar-refractivity contribution in [3.05, 3.63) is 20.8 Å². The van der Waals surface area contributed by atoms with Gasteiger partial charge in [-0.3, -0.25) is 18.7 Å². The van der Waals surface area contributed by atoms with Gasteiger partial charge in [0.1, 0.15) is 0 Å². The molecule has 23 heavy (non-hydrogen) atoms. The van der Waals surface area contributed by atoms with E-state index in [4.69, 9.17) is 4.74 Å². The second-order valence-corrected chi connectivity index (χ2v) is 5.60. The Morgan fingerprint density at radius 1 is 1.26 bits per heavy atom. The van der Waals surface area contributed by atoms with Crippen LogP contribution in [-0.4, -0.2) is 36.2 Å². The van der Waals surface area contributed by atoms with Gasteiger partial charge in [-0.2, -0.15) is 0 Å². The van der Waals surface area contributed by atoms with Crippen LogP contribution in [0.15, 0.2) is 9.59 Å². The molecule has 0 radical (unpaired) electrons. The predicted molar refractivity (Wildman–Crippen MR) is 83.1 cm³/mol. The van der Waals surface area contributed by atoms with Gasteiger partial charge in [0.2, 0.25) is 0 Å². The Morgan fingerprint density at radius 3 is 2.61 bits per heavy atom. The smallest absolute Gasteiger partial charge is 0.332 e. The van der Waals surface area contributed by atoms with E-state index in [2.05, 4.69) is 10.3 Å². The van der Waals surface area contributed by atoms with Crippen molar-refractivity contribution < 1.29 is 9.53 Å². The lowest BCUT2D eigenvalue weighted by Gasteiger charge is -2.12. The van der Waals surface area contributed by atoms with E-state index in [9.17, 15) is 14.4 Å². The molecule has 9 nitrogen and oxygen atoms in total. The number of aromatic nitrogens is 5. The average Bonchev–Trinajstić information content (AvgIpc) is 2.85. The molecule has 0 bridgehead atoms. The fourth-order valence-corrected chi connectivity index (χ4v) is 2.53. The van der Waals surface area contributed by atoms with Crippen LogP contribution >= 0.6 is 0 Å². The number of unbranched alkanes of at least 4 members (excludes halogenated alkanes) is 1. The summed E-state index contributed by atoms with van der Waals surface area (Å²) in [6.07, 6.45) is 1.89. The molecule has 0 spiro atoms. The first-order valence-corrected chi connectivity index (χ1v) is 7.49. The van der Waals surface area contributed by atoms with E-state index < -0.39 is 5.69 Å². The summed E-state index contributed by atoms with van der Waals surface area (Å²) >= 11 is 0. The summed E-state index contributed by atoms with van der Waals surface area (Å²) in [7, 11) is 3.18. The molecule has 2 aromatic rings. The van der Waals surface area contributed by atoms with Gasteiger partial charge < -0.3 is 4.74 Å². The lowest BCUT2D eigenvalue weighted by atomic mass is 10.2. The molecular formula is C14H21N5O4. The van der Waals surface area contributed by atoms with Crippen molar-refractivity contribution in [3.63, 3.8) is 0 Å². The third-order valence-corrected chi connectivity index (χ3v) is 3.70. The summed E-state index contributed by atoms with van der Waals surface area (Å²) < 4.78 is 8.93. The first kappa shape index (κ1) is 16.9. The van der Waals surface area contributed by atoms with Crippen LogP contribution in [0, 0.1) is 0 Å². The van der Waals surface area contributed by atoms with Gasteiger partial charge in [-0.15, -0.1) is 5.10 Å². The third-order valence-electron chi connectivity index (χ3n) is 3.70. The minimum absolute atomic E-state index is 0.171. The maximum atomic E-state index is 12.4. The summed E-state index contributed by atoms with van der Waals surface area (Å²) in [6, 6.07) is 0. The molecule has 0 aliphatic carbocycles. The van der Waals surface area contributed by atoms with Gasteiger partial charge >= 0.3 is 11.7 Å². The normalized spacial score (nSPS) is 12.5. The molecule has 2 heterocycles. The molecule has 0 aliphatic heterocycles. The maximum absolute atomic E-state index is 12.4. The number of esters is 1. The Labute approximate surface area is 132 Å². The summed E-state index contributed by atoms with van der Waals surface area (Å²) in [5, 5.41) is 7.63. The van der Waals surface area contributed by atoms with Crippen LogP contribution in [0.4, 0.5) is 0 Å². The molecule has 2 rings (SSSR count). The van der Waals surface area contributed by atoms with Gasteiger partial charge in [-0.05, 0) is 26.2 Å². The quantitative estimate of drug-likeness (QED) is 0.546. The molecule has 0 fully saturated rings. The second-order valence-electron chi connectivity index (χ2n) is 5.60. The molecule has 0 saturated heterocycles. The first-order chi connectivity index (χ1) is 10.8. The zero-order chi connectivity index (χ0) is 17.1. The Balaban J connectivity index is 2.12. The Kier molecular flexibility index (Phi) is 4.97. The number of aryl methyl sites for hydroxylation is 2. The number of rotatable bonds is 6. The van der Waals surface area contributed by atoms with E-state index in [-0.39, 0.29) is 23.3 Å². The standard InChI is InChI=1S/C14H21N5O4/c1-9(23-10(2)20)7-5-6-8-19-13(21)11-12(15-16-18(11)4)17(3)14(19)22/h9H,5-8H2,1-4H3/t9-/m1/s1. The van der Waals surface area contributed by atoms with Crippen molar-refractivity contribution in [2.75, 3.05) is 0 Å². The highest BCUT2D eigenvalue weighted by atomic mass is 16.5. The number of nitrogens with zero attached hydrogens (tertiary/aromatic N) is 5. The van der Waals surface area contributed by atoms with Crippen LogP contribution in [-0.2, 0) is 30.2 Å². The lowest BCUT2D eigenvalue weighted by molar-refractivity contribution is -0.145. The molecule has 0 N–H and O–H groups in total. The first-order valence-electron chi connectivity index (χ1n) is 7.49. The van der Waals surface area contributed by atoms with Crippen LogP contribution in [0.1, 0.15) is 33.1 Å². The molecule has 0 aromatic carbocycles. The number of ether oxygens (including phenoxy) is 1. The fraction of sp³-hybridized carbons (Fsp3) is 0.643. The topological polar surface area (TPSA) is 101 Å². The summed E-state index contributed by atoms with van der Waals surface area (Å²) in [4.78, 5) is 35.5. The van der Waals surface area contributed by atoms with Gasteiger partial charge in [-0.1, -0.05) is 5.21 Å². The number of carbonyl (C=O) groups excluding carboxylic acids is 1. The molecule has 1 atom stereocenters. The van der Waals surface area contributed by atoms with Crippen LogP contribution < -0.4 is 11.2 Å². The van der Waals surface area contributed by atoms with Crippen LogP contribution in [0.25, 0.3) is 11.2 Å². The highest BCUT2D eigenvalue weighted by Gasteiger charge is 2.15. The van der Waals surface area contributed by atoms with E-state index in [1.165, 1.54) is 20.7 Å². The highest BCUT2D eigenvalue weighted by Crippen LogP contribution is 2.06. The molecule has 2 aromatic heterocycles. The summed E-state index contributed by atoms with van der Waals surface area (Å²) in [5.41, 5.74) is -0.206. The lowest BCUT2D eigenvalue weighted by Crippen LogP contribution is -2.39. The SMILES string of the molecule is CC(=O)O[C@H](C)CCCCn1c(=O)c2c(nnn2C)n(C)c1=O. The molecule has 0 saturated carbocycles. The van der Waals surface area contributed by atoms with Crippen molar-refractivity contribution in [1.29, 1.82) is 0 Å². The zero-order valence-electron chi connectivity index (χ0n) is 13.8. The van der Waals surface area contributed by atoms with E-state index in [0.29, 0.717) is 24.9 Å². The summed E-state index contributed by atoms with van der Waals surface area (Å²) in [5.74, 6) is -0.309. The van der Waals surface area contributed by atoms with Crippen molar-refractivity contribution in [3.8, 4) is 0 Å². The zero-order valence-corrected chi connectivity index (χ0v) is 13.8. The Morgan fingerprint density at radius 2 is 1.96 bits per heavy atom. The van der Waals surface area contributed by atoms with Gasteiger partial charge in [0.25, 0.3) is 5.56 Å².